The molecule has 1 N–H and O–H groups in total. The van der Waals surface area contributed by atoms with Crippen molar-refractivity contribution in [2.24, 2.45) is 0 Å². The number of nitrogens with zero attached hydrogens (tertiary/aromatic N) is 1. The lowest BCUT2D eigenvalue weighted by atomic mass is 10.2. The third-order valence-electron chi connectivity index (χ3n) is 3.34. The maximum absolute atomic E-state index is 12.2. The molecule has 0 saturated heterocycles. The van der Waals surface area contributed by atoms with Crippen molar-refractivity contribution < 1.29 is 8.42 Å². The number of hydrogen-bond acceptors (Lipinski definition) is 2. The van der Waals surface area contributed by atoms with Crippen molar-refractivity contribution in [3.8, 4) is 0 Å². The fourth-order valence-corrected chi connectivity index (χ4v) is 3.34. The van der Waals surface area contributed by atoms with Crippen molar-refractivity contribution in [2.45, 2.75) is 32.2 Å². The molecule has 1 heterocycles. The molecule has 1 aromatic carbocycles. The minimum Gasteiger partial charge on any atom is -0.348 e. The first kappa shape index (κ1) is 14.8. The highest BCUT2D eigenvalue weighted by Gasteiger charge is 2.13. The number of sulfonamides is 1. The van der Waals surface area contributed by atoms with E-state index in [1.807, 2.05) is 39.0 Å². The summed E-state index contributed by atoms with van der Waals surface area (Å²) in [7, 11) is -3.43. The van der Waals surface area contributed by atoms with Gasteiger partial charge in [0.05, 0.1) is 4.90 Å². The Labute approximate surface area is 120 Å². The second kappa shape index (κ2) is 5.81. The van der Waals surface area contributed by atoms with Gasteiger partial charge in [-0.15, -0.1) is 0 Å². The highest BCUT2D eigenvalue weighted by molar-refractivity contribution is 7.89. The zero-order valence-electron chi connectivity index (χ0n) is 12.1. The van der Waals surface area contributed by atoms with Gasteiger partial charge in [-0.2, -0.15) is 0 Å². The third-order valence-corrected chi connectivity index (χ3v) is 4.80. The SMILES string of the molecule is Cc1cccc(S(=O)(=O)NCCn2c(C)ccc2C)c1. The van der Waals surface area contributed by atoms with Crippen LogP contribution < -0.4 is 4.72 Å². The van der Waals surface area contributed by atoms with Gasteiger partial charge in [-0.05, 0) is 50.6 Å². The molecule has 0 amide bonds. The lowest BCUT2D eigenvalue weighted by Gasteiger charge is -2.11. The molecule has 0 aliphatic carbocycles. The van der Waals surface area contributed by atoms with Gasteiger partial charge in [0.1, 0.15) is 0 Å². The van der Waals surface area contributed by atoms with E-state index in [2.05, 4.69) is 9.29 Å². The van der Waals surface area contributed by atoms with Crippen molar-refractivity contribution in [3.05, 3.63) is 53.3 Å². The van der Waals surface area contributed by atoms with E-state index < -0.39 is 10.0 Å². The van der Waals surface area contributed by atoms with Gasteiger partial charge in [-0.25, -0.2) is 13.1 Å². The van der Waals surface area contributed by atoms with Crippen molar-refractivity contribution in [1.29, 1.82) is 0 Å². The standard InChI is InChI=1S/C15H20N2O2S/c1-12-5-4-6-15(11-12)20(18,19)16-9-10-17-13(2)7-8-14(17)3/h4-8,11,16H,9-10H2,1-3H3. The van der Waals surface area contributed by atoms with Crippen molar-refractivity contribution in [2.75, 3.05) is 6.54 Å². The first-order valence-corrected chi connectivity index (χ1v) is 8.07. The van der Waals surface area contributed by atoms with Crippen LogP contribution in [0.25, 0.3) is 0 Å². The highest BCUT2D eigenvalue weighted by Crippen LogP contribution is 2.11. The minimum absolute atomic E-state index is 0.318. The molecule has 5 heteroatoms. The Balaban J connectivity index is 2.04. The maximum atomic E-state index is 12.2. The van der Waals surface area contributed by atoms with Crippen LogP contribution in [0.15, 0.2) is 41.3 Å². The Bertz CT molecular complexity index is 683. The monoisotopic (exact) mass is 292 g/mol. The van der Waals surface area contributed by atoms with E-state index in [4.69, 9.17) is 0 Å². The Morgan fingerprint density at radius 3 is 2.30 bits per heavy atom. The molecule has 2 rings (SSSR count). The average molecular weight is 292 g/mol. The van der Waals surface area contributed by atoms with Crippen LogP contribution in [-0.4, -0.2) is 19.5 Å². The summed E-state index contributed by atoms with van der Waals surface area (Å²) < 4.78 is 29.1. The summed E-state index contributed by atoms with van der Waals surface area (Å²) in [5.74, 6) is 0. The molecule has 2 aromatic rings. The Kier molecular flexibility index (Phi) is 4.30. The predicted molar refractivity (Wildman–Crippen MR) is 80.3 cm³/mol. The molecule has 108 valence electrons. The number of rotatable bonds is 5. The number of aryl methyl sites for hydroxylation is 3. The van der Waals surface area contributed by atoms with Crippen LogP contribution in [0.3, 0.4) is 0 Å². The van der Waals surface area contributed by atoms with Gasteiger partial charge in [0.25, 0.3) is 0 Å². The molecule has 0 saturated carbocycles. The molecular formula is C15H20N2O2S. The molecule has 0 radical (unpaired) electrons. The summed E-state index contributed by atoms with van der Waals surface area (Å²) in [4.78, 5) is 0.318. The number of benzene rings is 1. The lowest BCUT2D eigenvalue weighted by Crippen LogP contribution is -2.28. The van der Waals surface area contributed by atoms with Gasteiger partial charge < -0.3 is 4.57 Å². The molecule has 0 unspecified atom stereocenters. The summed E-state index contributed by atoms with van der Waals surface area (Å²) in [5.41, 5.74) is 3.21. The lowest BCUT2D eigenvalue weighted by molar-refractivity contribution is 0.569. The zero-order valence-corrected chi connectivity index (χ0v) is 12.9. The predicted octanol–water partition coefficient (Wildman–Crippen LogP) is 2.39. The maximum Gasteiger partial charge on any atom is 0.240 e. The van der Waals surface area contributed by atoms with Crippen molar-refractivity contribution in [3.63, 3.8) is 0 Å². The number of aromatic nitrogens is 1. The Hall–Kier alpha value is -1.59. The third kappa shape index (κ3) is 3.29. The van der Waals surface area contributed by atoms with E-state index in [0.29, 0.717) is 18.0 Å². The van der Waals surface area contributed by atoms with E-state index in [9.17, 15) is 8.42 Å². The molecule has 0 fully saturated rings. The van der Waals surface area contributed by atoms with Gasteiger partial charge in [-0.1, -0.05) is 12.1 Å². The summed E-state index contributed by atoms with van der Waals surface area (Å²) in [6, 6.07) is 11.0. The van der Waals surface area contributed by atoms with E-state index in [0.717, 1.165) is 17.0 Å². The second-order valence-corrected chi connectivity index (χ2v) is 6.75. The van der Waals surface area contributed by atoms with Gasteiger partial charge in [-0.3, -0.25) is 0 Å². The van der Waals surface area contributed by atoms with E-state index in [-0.39, 0.29) is 0 Å². The molecule has 0 aliphatic rings. The highest BCUT2D eigenvalue weighted by atomic mass is 32.2. The van der Waals surface area contributed by atoms with E-state index in [1.54, 1.807) is 18.2 Å². The molecule has 0 spiro atoms. The van der Waals surface area contributed by atoms with Crippen molar-refractivity contribution >= 4 is 10.0 Å². The Morgan fingerprint density at radius 2 is 1.70 bits per heavy atom. The van der Waals surface area contributed by atoms with Crippen LogP contribution in [0.4, 0.5) is 0 Å². The van der Waals surface area contributed by atoms with Crippen LogP contribution >= 0.6 is 0 Å². The van der Waals surface area contributed by atoms with E-state index in [1.165, 1.54) is 0 Å². The van der Waals surface area contributed by atoms with Crippen molar-refractivity contribution in [1.82, 2.24) is 9.29 Å². The van der Waals surface area contributed by atoms with Crippen LogP contribution in [0, 0.1) is 20.8 Å². The van der Waals surface area contributed by atoms with Gasteiger partial charge in [0.2, 0.25) is 10.0 Å². The van der Waals surface area contributed by atoms with E-state index >= 15 is 0 Å². The number of hydrogen-bond donors (Lipinski definition) is 1. The molecule has 0 atom stereocenters. The number of nitrogens with one attached hydrogen (secondary N) is 1. The largest absolute Gasteiger partial charge is 0.348 e. The normalized spacial score (nSPS) is 11.8. The Morgan fingerprint density at radius 1 is 1.05 bits per heavy atom. The molecular weight excluding hydrogens is 272 g/mol. The molecule has 0 bridgehead atoms. The second-order valence-electron chi connectivity index (χ2n) is 4.98. The quantitative estimate of drug-likeness (QED) is 0.920. The molecule has 20 heavy (non-hydrogen) atoms. The fraction of sp³-hybridized carbons (Fsp3) is 0.333. The topological polar surface area (TPSA) is 51.1 Å². The fourth-order valence-electron chi connectivity index (χ4n) is 2.21. The summed E-state index contributed by atoms with van der Waals surface area (Å²) in [6.07, 6.45) is 0. The van der Waals surface area contributed by atoms with Crippen LogP contribution in [0.2, 0.25) is 0 Å². The summed E-state index contributed by atoms with van der Waals surface area (Å²) in [5, 5.41) is 0. The van der Waals surface area contributed by atoms with Crippen LogP contribution in [0.1, 0.15) is 17.0 Å². The summed E-state index contributed by atoms with van der Waals surface area (Å²) >= 11 is 0. The first-order valence-electron chi connectivity index (χ1n) is 6.59. The smallest absolute Gasteiger partial charge is 0.240 e. The first-order chi connectivity index (χ1) is 9.40. The molecule has 4 nitrogen and oxygen atoms in total. The summed E-state index contributed by atoms with van der Waals surface area (Å²) in [6.45, 7) is 6.93. The van der Waals surface area contributed by atoms with Gasteiger partial charge in [0.15, 0.2) is 0 Å². The van der Waals surface area contributed by atoms with Crippen LogP contribution in [0.5, 0.6) is 0 Å². The zero-order chi connectivity index (χ0) is 14.8. The minimum atomic E-state index is -3.43. The van der Waals surface area contributed by atoms with Crippen LogP contribution in [-0.2, 0) is 16.6 Å². The molecule has 0 aliphatic heterocycles. The van der Waals surface area contributed by atoms with Gasteiger partial charge in [0, 0.05) is 24.5 Å². The average Bonchev–Trinajstić information content (AvgIpc) is 2.70. The van der Waals surface area contributed by atoms with Gasteiger partial charge >= 0.3 is 0 Å². The molecule has 1 aromatic heterocycles.